The van der Waals surface area contributed by atoms with Gasteiger partial charge in [0.1, 0.15) is 0 Å². The van der Waals surface area contributed by atoms with Gasteiger partial charge in [-0.25, -0.2) is 8.42 Å². The quantitative estimate of drug-likeness (QED) is 0.0304. The van der Waals surface area contributed by atoms with Crippen molar-refractivity contribution in [2.45, 2.75) is 206 Å². The molecule has 44 heavy (non-hydrogen) atoms. The molecule has 0 aromatic rings. The first-order chi connectivity index (χ1) is 20.7. The van der Waals surface area contributed by atoms with Crippen molar-refractivity contribution in [2.75, 3.05) is 6.61 Å². The summed E-state index contributed by atoms with van der Waals surface area (Å²) in [5.41, 5.74) is -2.40. The van der Waals surface area contributed by atoms with Crippen molar-refractivity contribution in [3.8, 4) is 0 Å². The van der Waals surface area contributed by atoms with Crippen molar-refractivity contribution in [1.82, 2.24) is 6.15 Å². The lowest BCUT2D eigenvalue weighted by Gasteiger charge is -2.31. The topological polar surface area (TPSA) is 157 Å². The Morgan fingerprint density at radius 1 is 0.545 bits per heavy atom. The molecule has 0 rings (SSSR count). The van der Waals surface area contributed by atoms with E-state index in [1.54, 1.807) is 0 Å². The largest absolute Gasteiger partial charge is 0.725 e. The lowest BCUT2D eigenvalue weighted by atomic mass is 9.84. The van der Waals surface area contributed by atoms with E-state index in [0.29, 0.717) is 12.8 Å². The van der Waals surface area contributed by atoms with Gasteiger partial charge in [0.25, 0.3) is 0 Å². The molecule has 8 nitrogen and oxygen atoms in total. The lowest BCUT2D eigenvalue weighted by molar-refractivity contribution is -0.150. The second-order valence-electron chi connectivity index (χ2n) is 12.6. The standard InChI is InChI=1S/C35H68O7S.H3N/c1-3-5-7-9-11-13-15-17-19-21-23-25-27-29-33(37)35(31-32-36,42-43(39,40)41)34(38)30-28-26-24-22-20-18-16-14-12-10-8-6-4-2;/h36H,3-32H2,1-2H3,(H,39,40,41);1H3. The molecule has 0 bridgehead atoms. The molecular formula is C35H71NO7S. The van der Waals surface area contributed by atoms with Gasteiger partial charge in [0.05, 0.1) is 0 Å². The van der Waals surface area contributed by atoms with E-state index in [2.05, 4.69) is 18.0 Å². The summed E-state index contributed by atoms with van der Waals surface area (Å²) < 4.78 is 39.3. The summed E-state index contributed by atoms with van der Waals surface area (Å²) in [6, 6.07) is 0. The molecular weight excluding hydrogens is 578 g/mol. The monoisotopic (exact) mass is 649 g/mol. The Balaban J connectivity index is 0. The second kappa shape index (κ2) is 30.8. The zero-order chi connectivity index (χ0) is 32.1. The molecule has 0 heterocycles. The Morgan fingerprint density at radius 3 is 1.02 bits per heavy atom. The van der Waals surface area contributed by atoms with Crippen molar-refractivity contribution in [2.24, 2.45) is 0 Å². The number of aliphatic hydroxyl groups is 1. The lowest BCUT2D eigenvalue weighted by Crippen LogP contribution is -2.51. The molecule has 0 atom stereocenters. The molecule has 0 aromatic heterocycles. The van der Waals surface area contributed by atoms with E-state index in [-0.39, 0.29) is 19.0 Å². The molecule has 0 radical (unpaired) electrons. The molecule has 0 amide bonds. The van der Waals surface area contributed by atoms with Crippen LogP contribution in [0.4, 0.5) is 0 Å². The number of carbonyl (C=O) groups excluding carboxylic acids is 2. The predicted octanol–water partition coefficient (Wildman–Crippen LogP) is 10.1. The summed E-state index contributed by atoms with van der Waals surface area (Å²) in [6.45, 7) is 3.84. The number of ketones is 2. The van der Waals surface area contributed by atoms with Crippen LogP contribution in [-0.4, -0.2) is 41.9 Å². The Labute approximate surface area is 271 Å². The summed E-state index contributed by atoms with van der Waals surface area (Å²) in [4.78, 5) is 26.3. The molecule has 0 aromatic carbocycles. The number of carbonyl (C=O) groups is 2. The van der Waals surface area contributed by atoms with E-state index < -0.39 is 40.6 Å². The third-order valence-corrected chi connectivity index (χ3v) is 9.11. The number of unbranched alkanes of at least 4 members (excludes halogenated alkanes) is 24. The first-order valence-electron chi connectivity index (χ1n) is 18.1. The molecule has 0 aliphatic rings. The van der Waals surface area contributed by atoms with Crippen LogP contribution in [0.5, 0.6) is 0 Å². The van der Waals surface area contributed by atoms with Crippen LogP contribution in [0.25, 0.3) is 0 Å². The van der Waals surface area contributed by atoms with Crippen LogP contribution in [0.3, 0.4) is 0 Å². The van der Waals surface area contributed by atoms with Crippen LogP contribution < -0.4 is 6.15 Å². The van der Waals surface area contributed by atoms with E-state index in [4.69, 9.17) is 0 Å². The third kappa shape index (κ3) is 25.3. The molecule has 0 fully saturated rings. The third-order valence-electron chi connectivity index (χ3n) is 8.62. The van der Waals surface area contributed by atoms with Crippen LogP contribution in [-0.2, 0) is 24.2 Å². The SMILES string of the molecule is CCCCCCCCCCCCCCCC(=O)C(CCO)(OS(=O)(=O)[O-])C(=O)CCCCCCCCCCCCCCC.[NH4+]. The number of Topliss-reactive ketones (excluding diaryl/α,β-unsaturated/α-hetero) is 2. The zero-order valence-electron chi connectivity index (χ0n) is 29.0. The predicted molar refractivity (Wildman–Crippen MR) is 182 cm³/mol. The molecule has 0 spiro atoms. The summed E-state index contributed by atoms with van der Waals surface area (Å²) in [5.74, 6) is -1.41. The van der Waals surface area contributed by atoms with Gasteiger partial charge in [0.15, 0.2) is 11.6 Å². The van der Waals surface area contributed by atoms with Crippen LogP contribution in [0.1, 0.15) is 200 Å². The molecule has 264 valence electrons. The van der Waals surface area contributed by atoms with Crippen molar-refractivity contribution < 1.29 is 31.8 Å². The van der Waals surface area contributed by atoms with Gasteiger partial charge < -0.3 is 15.8 Å². The molecule has 0 saturated carbocycles. The van der Waals surface area contributed by atoms with Crippen molar-refractivity contribution in [3.05, 3.63) is 0 Å². The highest BCUT2D eigenvalue weighted by Gasteiger charge is 2.47. The Kier molecular flexibility index (Phi) is 31.6. The van der Waals surface area contributed by atoms with Crippen molar-refractivity contribution >= 4 is 22.0 Å². The first kappa shape index (κ1) is 45.3. The zero-order valence-corrected chi connectivity index (χ0v) is 29.8. The highest BCUT2D eigenvalue weighted by Crippen LogP contribution is 2.27. The maximum atomic E-state index is 13.1. The molecule has 0 saturated heterocycles. The van der Waals surface area contributed by atoms with E-state index in [1.165, 1.54) is 103 Å². The second-order valence-corrected chi connectivity index (χ2v) is 13.6. The van der Waals surface area contributed by atoms with Gasteiger partial charge in [0, 0.05) is 25.9 Å². The Morgan fingerprint density at radius 2 is 0.795 bits per heavy atom. The van der Waals surface area contributed by atoms with Gasteiger partial charge in [0.2, 0.25) is 16.0 Å². The van der Waals surface area contributed by atoms with E-state index >= 15 is 0 Å². The summed E-state index contributed by atoms with van der Waals surface area (Å²) in [7, 11) is -5.31. The molecule has 0 aliphatic heterocycles. The fraction of sp³-hybridized carbons (Fsp3) is 0.943. The van der Waals surface area contributed by atoms with Gasteiger partial charge >= 0.3 is 0 Å². The van der Waals surface area contributed by atoms with Gasteiger partial charge in [-0.05, 0) is 12.8 Å². The number of rotatable bonds is 34. The Bertz CT molecular complexity index is 731. The summed E-state index contributed by atoms with van der Waals surface area (Å²) in [6.07, 6.45) is 29.1. The minimum atomic E-state index is -5.31. The number of hydrogen-bond donors (Lipinski definition) is 2. The van der Waals surface area contributed by atoms with Crippen LogP contribution in [0, 0.1) is 0 Å². The molecule has 0 unspecified atom stereocenters. The number of quaternary nitrogens is 1. The minimum absolute atomic E-state index is 0. The van der Waals surface area contributed by atoms with E-state index in [9.17, 15) is 27.7 Å². The van der Waals surface area contributed by atoms with Crippen LogP contribution in [0.15, 0.2) is 0 Å². The maximum absolute atomic E-state index is 13.1. The maximum Gasteiger partial charge on any atom is 0.219 e. The highest BCUT2D eigenvalue weighted by molar-refractivity contribution is 7.80. The van der Waals surface area contributed by atoms with Crippen LogP contribution in [0.2, 0.25) is 0 Å². The fourth-order valence-corrected chi connectivity index (χ4v) is 6.53. The average molecular weight is 650 g/mol. The van der Waals surface area contributed by atoms with Gasteiger partial charge in [-0.2, -0.15) is 0 Å². The molecule has 0 aliphatic carbocycles. The number of hydrogen-bond acceptors (Lipinski definition) is 7. The average Bonchev–Trinajstić information content (AvgIpc) is 2.96. The Hall–Kier alpha value is -0.870. The number of aliphatic hydroxyl groups excluding tert-OH is 1. The molecule has 5 N–H and O–H groups in total. The smallest absolute Gasteiger partial charge is 0.219 e. The molecule has 9 heteroatoms. The van der Waals surface area contributed by atoms with Gasteiger partial charge in [-0.3, -0.25) is 13.8 Å². The van der Waals surface area contributed by atoms with Gasteiger partial charge in [-0.1, -0.05) is 168 Å². The van der Waals surface area contributed by atoms with Crippen molar-refractivity contribution in [1.29, 1.82) is 0 Å². The minimum Gasteiger partial charge on any atom is -0.725 e. The van der Waals surface area contributed by atoms with E-state index in [0.717, 1.165) is 51.4 Å². The fourth-order valence-electron chi connectivity index (χ4n) is 5.91. The van der Waals surface area contributed by atoms with Crippen molar-refractivity contribution in [3.63, 3.8) is 0 Å². The van der Waals surface area contributed by atoms with Gasteiger partial charge in [-0.15, -0.1) is 0 Å². The summed E-state index contributed by atoms with van der Waals surface area (Å²) in [5, 5.41) is 9.58. The van der Waals surface area contributed by atoms with Crippen LogP contribution >= 0.6 is 0 Å². The summed E-state index contributed by atoms with van der Waals surface area (Å²) >= 11 is 0. The van der Waals surface area contributed by atoms with E-state index in [1.807, 2.05) is 0 Å². The highest BCUT2D eigenvalue weighted by atomic mass is 32.3. The normalized spacial score (nSPS) is 11.9. The first-order valence-corrected chi connectivity index (χ1v) is 19.4.